The number of nitrogens with zero attached hydrogens (tertiary/aromatic N) is 4. The highest BCUT2D eigenvalue weighted by atomic mass is 32.2. The number of rotatable bonds is 5. The highest BCUT2D eigenvalue weighted by Gasteiger charge is 2.34. The van der Waals surface area contributed by atoms with E-state index in [1.165, 1.54) is 23.9 Å². The zero-order chi connectivity index (χ0) is 22.8. The number of carbonyl (C=O) groups is 1. The van der Waals surface area contributed by atoms with Crippen LogP contribution in [0.15, 0.2) is 88.8 Å². The van der Waals surface area contributed by atoms with E-state index in [1.54, 1.807) is 23.1 Å². The SMILES string of the molecule is O=C1/C(=C\c2ccc([N+](=O)[O-])cc2)SC(=Nc2ccccc2)N1Cc1nc2ccccc2[nH]1. The highest BCUT2D eigenvalue weighted by molar-refractivity contribution is 8.18. The zero-order valence-corrected chi connectivity index (χ0v) is 18.0. The number of amidine groups is 1. The molecule has 0 bridgehead atoms. The molecule has 3 aromatic carbocycles. The summed E-state index contributed by atoms with van der Waals surface area (Å²) in [6, 6.07) is 23.2. The number of aromatic nitrogens is 2. The lowest BCUT2D eigenvalue weighted by Crippen LogP contribution is -2.29. The number of aliphatic imine (C=N–C) groups is 1. The molecule has 1 aromatic heterocycles. The Hall–Kier alpha value is -4.24. The average molecular weight is 455 g/mol. The van der Waals surface area contributed by atoms with Crippen molar-refractivity contribution in [2.75, 3.05) is 0 Å². The Morgan fingerprint density at radius 2 is 1.76 bits per heavy atom. The van der Waals surface area contributed by atoms with Crippen molar-refractivity contribution in [3.63, 3.8) is 0 Å². The smallest absolute Gasteiger partial charge is 0.269 e. The number of aromatic amines is 1. The van der Waals surface area contributed by atoms with Gasteiger partial charge in [0, 0.05) is 12.1 Å². The van der Waals surface area contributed by atoms with Gasteiger partial charge in [0.1, 0.15) is 5.82 Å². The molecule has 0 saturated carbocycles. The minimum absolute atomic E-state index is 0.000364. The van der Waals surface area contributed by atoms with Crippen molar-refractivity contribution in [1.29, 1.82) is 0 Å². The van der Waals surface area contributed by atoms with E-state index in [-0.39, 0.29) is 18.1 Å². The van der Waals surface area contributed by atoms with Crippen molar-refractivity contribution >= 4 is 51.3 Å². The molecule has 0 aliphatic carbocycles. The van der Waals surface area contributed by atoms with E-state index in [0.29, 0.717) is 21.5 Å². The second-order valence-corrected chi connectivity index (χ2v) is 8.29. The molecule has 1 aliphatic heterocycles. The zero-order valence-electron chi connectivity index (χ0n) is 17.2. The molecule has 4 aromatic rings. The predicted molar refractivity (Wildman–Crippen MR) is 129 cm³/mol. The van der Waals surface area contributed by atoms with Crippen LogP contribution in [0, 0.1) is 10.1 Å². The van der Waals surface area contributed by atoms with Gasteiger partial charge < -0.3 is 4.98 Å². The minimum atomic E-state index is -0.452. The Bertz CT molecular complexity index is 1380. The second kappa shape index (κ2) is 8.71. The molecule has 5 rings (SSSR count). The summed E-state index contributed by atoms with van der Waals surface area (Å²) in [5.74, 6) is 0.455. The van der Waals surface area contributed by atoms with Gasteiger partial charge in [-0.25, -0.2) is 9.98 Å². The van der Waals surface area contributed by atoms with Gasteiger partial charge in [-0.1, -0.05) is 30.3 Å². The summed E-state index contributed by atoms with van der Waals surface area (Å²) in [4.78, 5) is 38.4. The fourth-order valence-electron chi connectivity index (χ4n) is 3.42. The number of para-hydroxylation sites is 3. The Kier molecular flexibility index (Phi) is 5.45. The van der Waals surface area contributed by atoms with Crippen LogP contribution in [0.3, 0.4) is 0 Å². The van der Waals surface area contributed by atoms with Gasteiger partial charge in [0.25, 0.3) is 11.6 Å². The van der Waals surface area contributed by atoms with E-state index < -0.39 is 4.92 Å². The summed E-state index contributed by atoms with van der Waals surface area (Å²) in [6.07, 6.45) is 1.72. The maximum absolute atomic E-state index is 13.3. The molecule has 1 fully saturated rings. The average Bonchev–Trinajstić information content (AvgIpc) is 3.36. The number of nitro benzene ring substituents is 1. The molecule has 0 atom stereocenters. The molecule has 1 saturated heterocycles. The molecule has 162 valence electrons. The van der Waals surface area contributed by atoms with Crippen LogP contribution in [-0.4, -0.2) is 30.9 Å². The quantitative estimate of drug-likeness (QED) is 0.251. The minimum Gasteiger partial charge on any atom is -0.340 e. The van der Waals surface area contributed by atoms with E-state index in [4.69, 9.17) is 0 Å². The molecule has 8 nitrogen and oxygen atoms in total. The number of non-ortho nitro benzene ring substituents is 1. The molecule has 9 heteroatoms. The number of H-pyrrole nitrogens is 1. The first-order chi connectivity index (χ1) is 16.1. The van der Waals surface area contributed by atoms with Crippen LogP contribution in [0.1, 0.15) is 11.4 Å². The standard InChI is InChI=1S/C24H17N5O3S/c30-23-21(14-16-10-12-18(13-11-16)29(31)32)33-24(25-17-6-2-1-3-7-17)28(23)15-22-26-19-8-4-5-9-20(19)27-22/h1-14H,15H2,(H,26,27)/b21-14+,25-24?. The molecule has 2 heterocycles. The molecular weight excluding hydrogens is 438 g/mol. The molecule has 0 unspecified atom stereocenters. The van der Waals surface area contributed by atoms with Gasteiger partial charge in [-0.3, -0.25) is 19.8 Å². The first kappa shape index (κ1) is 20.7. The van der Waals surface area contributed by atoms with Gasteiger partial charge in [0.15, 0.2) is 5.17 Å². The Morgan fingerprint density at radius 1 is 1.03 bits per heavy atom. The van der Waals surface area contributed by atoms with E-state index >= 15 is 0 Å². The molecular formula is C24H17N5O3S. The predicted octanol–water partition coefficient (Wildman–Crippen LogP) is 5.28. The van der Waals surface area contributed by atoms with Crippen LogP contribution < -0.4 is 0 Å². The first-order valence-corrected chi connectivity index (χ1v) is 10.9. The normalized spacial score (nSPS) is 16.2. The number of imidazole rings is 1. The number of benzene rings is 3. The fraction of sp³-hybridized carbons (Fsp3) is 0.0417. The number of nitrogens with one attached hydrogen (secondary N) is 1. The van der Waals surface area contributed by atoms with Crippen LogP contribution in [0.5, 0.6) is 0 Å². The van der Waals surface area contributed by atoms with E-state index in [1.807, 2.05) is 54.6 Å². The molecule has 1 N–H and O–H groups in total. The van der Waals surface area contributed by atoms with Crippen molar-refractivity contribution in [1.82, 2.24) is 14.9 Å². The molecule has 0 radical (unpaired) electrons. The lowest BCUT2D eigenvalue weighted by Gasteiger charge is -2.13. The summed E-state index contributed by atoms with van der Waals surface area (Å²) in [5, 5.41) is 11.4. The van der Waals surface area contributed by atoms with Gasteiger partial charge in [-0.2, -0.15) is 0 Å². The Balaban J connectivity index is 1.49. The summed E-state index contributed by atoms with van der Waals surface area (Å²) in [6.45, 7) is 0.240. The topological polar surface area (TPSA) is 104 Å². The van der Waals surface area contributed by atoms with E-state index in [2.05, 4.69) is 15.0 Å². The second-order valence-electron chi connectivity index (χ2n) is 7.28. The van der Waals surface area contributed by atoms with Gasteiger partial charge >= 0.3 is 0 Å². The number of fused-ring (bicyclic) bond motifs is 1. The fourth-order valence-corrected chi connectivity index (χ4v) is 4.42. The molecule has 1 aliphatic rings. The number of hydrogen-bond donors (Lipinski definition) is 1. The third kappa shape index (κ3) is 4.39. The van der Waals surface area contributed by atoms with Crippen LogP contribution in [-0.2, 0) is 11.3 Å². The number of carbonyl (C=O) groups excluding carboxylic acids is 1. The maximum Gasteiger partial charge on any atom is 0.269 e. The van der Waals surface area contributed by atoms with Gasteiger partial charge in [-0.05, 0) is 59.8 Å². The van der Waals surface area contributed by atoms with Crippen molar-refractivity contribution in [3.05, 3.63) is 105 Å². The molecule has 1 amide bonds. The summed E-state index contributed by atoms with van der Waals surface area (Å²) >= 11 is 1.27. The number of hydrogen-bond acceptors (Lipinski definition) is 6. The highest BCUT2D eigenvalue weighted by Crippen LogP contribution is 2.35. The lowest BCUT2D eigenvalue weighted by atomic mass is 10.2. The van der Waals surface area contributed by atoms with Crippen LogP contribution in [0.4, 0.5) is 11.4 Å². The molecule has 0 spiro atoms. The van der Waals surface area contributed by atoms with Crippen LogP contribution in [0.2, 0.25) is 0 Å². The Labute approximate surface area is 192 Å². The van der Waals surface area contributed by atoms with E-state index in [9.17, 15) is 14.9 Å². The van der Waals surface area contributed by atoms with Gasteiger partial charge in [-0.15, -0.1) is 0 Å². The summed E-state index contributed by atoms with van der Waals surface area (Å²) in [5.41, 5.74) is 3.16. The third-order valence-corrected chi connectivity index (χ3v) is 6.02. The van der Waals surface area contributed by atoms with E-state index in [0.717, 1.165) is 16.7 Å². The van der Waals surface area contributed by atoms with Crippen LogP contribution in [0.25, 0.3) is 17.1 Å². The van der Waals surface area contributed by atoms with Crippen molar-refractivity contribution < 1.29 is 9.72 Å². The number of amides is 1. The largest absolute Gasteiger partial charge is 0.340 e. The van der Waals surface area contributed by atoms with Gasteiger partial charge in [0.05, 0.1) is 33.1 Å². The summed E-state index contributed by atoms with van der Waals surface area (Å²) < 4.78 is 0. The summed E-state index contributed by atoms with van der Waals surface area (Å²) in [7, 11) is 0. The monoisotopic (exact) mass is 455 g/mol. The van der Waals surface area contributed by atoms with Crippen molar-refractivity contribution in [2.45, 2.75) is 6.54 Å². The maximum atomic E-state index is 13.3. The number of thioether (sulfide) groups is 1. The van der Waals surface area contributed by atoms with Crippen molar-refractivity contribution in [3.8, 4) is 0 Å². The van der Waals surface area contributed by atoms with Crippen LogP contribution >= 0.6 is 11.8 Å². The Morgan fingerprint density at radius 3 is 2.48 bits per heavy atom. The lowest BCUT2D eigenvalue weighted by molar-refractivity contribution is -0.384. The molecule has 33 heavy (non-hydrogen) atoms. The number of nitro groups is 1. The van der Waals surface area contributed by atoms with Crippen molar-refractivity contribution in [2.24, 2.45) is 4.99 Å². The van der Waals surface area contributed by atoms with Gasteiger partial charge in [0.2, 0.25) is 0 Å². The first-order valence-electron chi connectivity index (χ1n) is 10.1. The third-order valence-electron chi connectivity index (χ3n) is 5.02.